The van der Waals surface area contributed by atoms with Crippen LogP contribution in [0.2, 0.25) is 0 Å². The van der Waals surface area contributed by atoms with Gasteiger partial charge < -0.3 is 5.32 Å². The summed E-state index contributed by atoms with van der Waals surface area (Å²) >= 11 is 4.66. The number of amides is 1. The van der Waals surface area contributed by atoms with Gasteiger partial charge in [0.25, 0.3) is 0 Å². The molecule has 1 amide bonds. The minimum absolute atomic E-state index is 0.178. The van der Waals surface area contributed by atoms with E-state index in [4.69, 9.17) is 0 Å². The van der Waals surface area contributed by atoms with Gasteiger partial charge in [0.2, 0.25) is 5.91 Å². The number of rotatable bonds is 0. The van der Waals surface area contributed by atoms with Crippen molar-refractivity contribution in [1.82, 2.24) is 5.32 Å². The lowest BCUT2D eigenvalue weighted by atomic mass is 10.2. The van der Waals surface area contributed by atoms with E-state index >= 15 is 0 Å². The Morgan fingerprint density at radius 3 is 2.56 bits per heavy atom. The van der Waals surface area contributed by atoms with E-state index in [-0.39, 0.29) is 7.34 Å². The van der Waals surface area contributed by atoms with Gasteiger partial charge in [0.05, 0.1) is 7.85 Å². The average Bonchev–Trinajstić information content (AvgIpc) is 1.60. The topological polar surface area (TPSA) is 29.1 Å². The fourth-order valence-corrected chi connectivity index (χ4v) is 2.00. The zero-order chi connectivity index (χ0) is 6.91. The van der Waals surface area contributed by atoms with Crippen molar-refractivity contribution in [3.63, 3.8) is 0 Å². The molecular formula is C5H7I2NO. The first-order chi connectivity index (χ1) is 4.10. The van der Waals surface area contributed by atoms with Gasteiger partial charge in [-0.05, 0) is 6.42 Å². The molecule has 0 aliphatic carbocycles. The number of carbonyl (C=O) groups excluding carboxylic acids is 1. The van der Waals surface area contributed by atoms with Gasteiger partial charge in [-0.3, -0.25) is 4.79 Å². The molecule has 1 rings (SSSR count). The van der Waals surface area contributed by atoms with E-state index in [0.29, 0.717) is 6.42 Å². The van der Waals surface area contributed by atoms with E-state index in [1.165, 1.54) is 0 Å². The predicted octanol–water partition coefficient (Wildman–Crippen LogP) is 1.46. The molecular weight excluding hydrogens is 344 g/mol. The number of hydrogen-bond acceptors (Lipinski definition) is 1. The second kappa shape index (κ2) is 2.89. The quantitative estimate of drug-likeness (QED) is 0.520. The van der Waals surface area contributed by atoms with Crippen molar-refractivity contribution < 1.29 is 4.79 Å². The minimum atomic E-state index is 0.178. The lowest BCUT2D eigenvalue weighted by Crippen LogP contribution is -2.37. The van der Waals surface area contributed by atoms with Gasteiger partial charge in [-0.1, -0.05) is 45.2 Å². The van der Waals surface area contributed by atoms with Crippen LogP contribution < -0.4 is 5.32 Å². The van der Waals surface area contributed by atoms with Crippen molar-refractivity contribution in [1.29, 1.82) is 0 Å². The summed E-state index contributed by atoms with van der Waals surface area (Å²) in [5, 5.41) is 2.79. The molecule has 0 spiro atoms. The SMILES string of the molecule is O=C1CC(I)(I)CCN1. The number of hydrogen-bond donors (Lipinski definition) is 1. The Morgan fingerprint density at radius 1 is 1.56 bits per heavy atom. The molecule has 0 radical (unpaired) electrons. The average molecular weight is 351 g/mol. The molecule has 0 aromatic heterocycles. The highest BCUT2D eigenvalue weighted by Crippen LogP contribution is 2.36. The molecule has 0 aromatic rings. The summed E-state index contributed by atoms with van der Waals surface area (Å²) in [6, 6.07) is 0. The second-order valence-electron chi connectivity index (χ2n) is 2.13. The zero-order valence-corrected chi connectivity index (χ0v) is 9.10. The third kappa shape index (κ3) is 2.57. The first kappa shape index (κ1) is 8.03. The van der Waals surface area contributed by atoms with Crippen molar-refractivity contribution >= 4 is 51.1 Å². The van der Waals surface area contributed by atoms with Crippen LogP contribution in [0.5, 0.6) is 0 Å². The van der Waals surface area contributed by atoms with Crippen LogP contribution in [-0.4, -0.2) is 13.9 Å². The molecule has 1 heterocycles. The molecule has 0 bridgehead atoms. The monoisotopic (exact) mass is 351 g/mol. The van der Waals surface area contributed by atoms with Crippen molar-refractivity contribution in [3.8, 4) is 0 Å². The summed E-state index contributed by atoms with van der Waals surface area (Å²) in [6.45, 7) is 0.838. The van der Waals surface area contributed by atoms with E-state index in [0.717, 1.165) is 13.0 Å². The smallest absolute Gasteiger partial charge is 0.222 e. The van der Waals surface area contributed by atoms with E-state index < -0.39 is 0 Å². The van der Waals surface area contributed by atoms with Crippen molar-refractivity contribution in [2.24, 2.45) is 0 Å². The van der Waals surface area contributed by atoms with Crippen LogP contribution in [0, 0.1) is 0 Å². The van der Waals surface area contributed by atoms with Gasteiger partial charge >= 0.3 is 0 Å². The molecule has 9 heavy (non-hydrogen) atoms. The Labute approximate surface area is 81.4 Å². The highest BCUT2D eigenvalue weighted by molar-refractivity contribution is 14.2. The fourth-order valence-electron chi connectivity index (χ4n) is 0.771. The van der Waals surface area contributed by atoms with Gasteiger partial charge in [-0.15, -0.1) is 0 Å². The van der Waals surface area contributed by atoms with Gasteiger partial charge in [-0.25, -0.2) is 0 Å². The molecule has 0 unspecified atom stereocenters. The number of nitrogens with one attached hydrogen (secondary N) is 1. The lowest BCUT2D eigenvalue weighted by molar-refractivity contribution is -0.121. The second-order valence-corrected chi connectivity index (χ2v) is 8.33. The Hall–Kier alpha value is 0.930. The molecule has 1 aliphatic rings. The summed E-state index contributed by atoms with van der Waals surface area (Å²) < 4.78 is 0.178. The van der Waals surface area contributed by atoms with Crippen LogP contribution in [0.25, 0.3) is 0 Å². The number of carbonyl (C=O) groups is 1. The number of piperidine rings is 1. The van der Waals surface area contributed by atoms with Gasteiger partial charge in [0.15, 0.2) is 0 Å². The van der Waals surface area contributed by atoms with Crippen molar-refractivity contribution in [2.75, 3.05) is 6.54 Å². The molecule has 0 aromatic carbocycles. The van der Waals surface area contributed by atoms with Crippen LogP contribution in [-0.2, 0) is 4.79 Å². The Balaban J connectivity index is 2.51. The predicted molar refractivity (Wildman–Crippen MR) is 53.0 cm³/mol. The van der Waals surface area contributed by atoms with Gasteiger partial charge in [-0.2, -0.15) is 0 Å². The van der Waals surface area contributed by atoms with Gasteiger partial charge in [0.1, 0.15) is 0 Å². The molecule has 1 N–H and O–H groups in total. The summed E-state index contributed by atoms with van der Waals surface area (Å²) in [5.74, 6) is 0.185. The molecule has 0 atom stereocenters. The molecule has 52 valence electrons. The Morgan fingerprint density at radius 2 is 2.22 bits per heavy atom. The zero-order valence-electron chi connectivity index (χ0n) is 4.79. The number of halogens is 2. The third-order valence-electron chi connectivity index (χ3n) is 1.23. The van der Waals surface area contributed by atoms with Crippen LogP contribution in [0.3, 0.4) is 0 Å². The van der Waals surface area contributed by atoms with Crippen LogP contribution >= 0.6 is 45.2 Å². The highest BCUT2D eigenvalue weighted by Gasteiger charge is 2.29. The molecule has 0 saturated carbocycles. The van der Waals surface area contributed by atoms with Crippen molar-refractivity contribution in [2.45, 2.75) is 14.3 Å². The maximum absolute atomic E-state index is 10.8. The Kier molecular flexibility index (Phi) is 2.58. The standard InChI is InChI=1S/C5H7I2NO/c6-5(7)1-2-8-4(9)3-5/h1-3H2,(H,8,9). The largest absolute Gasteiger partial charge is 0.356 e. The number of alkyl halides is 2. The maximum Gasteiger partial charge on any atom is 0.222 e. The lowest BCUT2D eigenvalue weighted by Gasteiger charge is -2.24. The highest BCUT2D eigenvalue weighted by atomic mass is 127. The third-order valence-corrected chi connectivity index (χ3v) is 3.07. The van der Waals surface area contributed by atoms with E-state index in [9.17, 15) is 4.79 Å². The summed E-state index contributed by atoms with van der Waals surface area (Å²) in [6.07, 6.45) is 1.74. The summed E-state index contributed by atoms with van der Waals surface area (Å²) in [5.41, 5.74) is 0. The van der Waals surface area contributed by atoms with Crippen molar-refractivity contribution in [3.05, 3.63) is 0 Å². The van der Waals surface area contributed by atoms with Crippen LogP contribution in [0.1, 0.15) is 12.8 Å². The first-order valence-corrected chi connectivity index (χ1v) is 4.90. The molecule has 1 aliphatic heterocycles. The fraction of sp³-hybridized carbons (Fsp3) is 0.800. The maximum atomic E-state index is 10.8. The van der Waals surface area contributed by atoms with E-state index in [2.05, 4.69) is 50.5 Å². The molecule has 2 nitrogen and oxygen atoms in total. The summed E-state index contributed by atoms with van der Waals surface area (Å²) in [7, 11) is 0. The van der Waals surface area contributed by atoms with E-state index in [1.807, 2.05) is 0 Å². The molecule has 1 saturated heterocycles. The molecule has 1 fully saturated rings. The normalized spacial score (nSPS) is 25.3. The Bertz CT molecular complexity index is 135. The van der Waals surface area contributed by atoms with Gasteiger partial charge in [0, 0.05) is 6.54 Å². The van der Waals surface area contributed by atoms with Crippen LogP contribution in [0.15, 0.2) is 0 Å². The first-order valence-electron chi connectivity index (χ1n) is 2.75. The summed E-state index contributed by atoms with van der Waals surface area (Å²) in [4.78, 5) is 10.8. The minimum Gasteiger partial charge on any atom is -0.356 e. The van der Waals surface area contributed by atoms with Crippen LogP contribution in [0.4, 0.5) is 0 Å². The molecule has 4 heteroatoms. The van der Waals surface area contributed by atoms with E-state index in [1.54, 1.807) is 0 Å².